The van der Waals surface area contributed by atoms with Gasteiger partial charge >= 0.3 is 0 Å². The van der Waals surface area contributed by atoms with Crippen LogP contribution in [0.4, 0.5) is 0 Å². The Morgan fingerprint density at radius 2 is 1.00 bits per heavy atom. The zero-order chi connectivity index (χ0) is 4.00. The predicted molar refractivity (Wildman–Crippen MR) is 18.1 cm³/mol. The minimum Gasteiger partial charge on any atom is -0.0683 e. The van der Waals surface area contributed by atoms with Crippen molar-refractivity contribution < 1.29 is 0 Å². The minimum absolute atomic E-state index is 2.00. The van der Waals surface area contributed by atoms with Crippen molar-refractivity contribution in [2.45, 2.75) is 13.8 Å². The highest BCUT2D eigenvalue weighted by Crippen LogP contribution is 1.14. The second-order valence-corrected chi connectivity index (χ2v) is 0. The first kappa shape index (κ1) is 9.51. The van der Waals surface area contributed by atoms with Crippen LogP contribution in [-0.4, -0.2) is 0 Å². The summed E-state index contributed by atoms with van der Waals surface area (Å²) in [6.45, 7) is 4.00. The van der Waals surface area contributed by atoms with Crippen molar-refractivity contribution >= 4 is 0 Å². The molecule has 2 nitrogen and oxygen atoms in total. The van der Waals surface area contributed by atoms with Crippen LogP contribution in [0, 0.1) is 9.93 Å². The summed E-state index contributed by atoms with van der Waals surface area (Å²) in [5, 5.41) is 0. The zero-order valence-corrected chi connectivity index (χ0v) is 2.82. The molecule has 0 saturated carbocycles. The fourth-order valence-corrected chi connectivity index (χ4v) is 0. The summed E-state index contributed by atoms with van der Waals surface area (Å²) in [7, 11) is 0. The van der Waals surface area contributed by atoms with Crippen molar-refractivity contribution in [3.63, 3.8) is 0 Å². The van der Waals surface area contributed by atoms with Gasteiger partial charge in [0.2, 0.25) is 0 Å². The van der Waals surface area contributed by atoms with Gasteiger partial charge in [-0.25, -0.2) is 0 Å². The Morgan fingerprint density at radius 3 is 1.00 bits per heavy atom. The number of hydrogen-bond acceptors (Lipinski definition) is 2. The summed E-state index contributed by atoms with van der Waals surface area (Å²) < 4.78 is 0. The topological polar surface area (TPSA) is 34.1 Å². The van der Waals surface area contributed by atoms with E-state index in [0.717, 1.165) is 0 Å². The van der Waals surface area contributed by atoms with Crippen molar-refractivity contribution in [3.05, 3.63) is 9.93 Å². The molecule has 0 atom stereocenters. The second kappa shape index (κ2) is 41.6. The van der Waals surface area contributed by atoms with Crippen LogP contribution in [-0.2, 0) is 0 Å². The molecule has 0 rings (SSSR count). The number of rotatable bonds is 0. The maximum Gasteiger partial charge on any atom is 0 e. The van der Waals surface area contributed by atoms with Crippen molar-refractivity contribution in [1.82, 2.24) is 0 Å². The van der Waals surface area contributed by atoms with E-state index in [9.17, 15) is 0 Å². The monoisotopic (exact) mass is 62.0 g/mol. The third-order valence-electron chi connectivity index (χ3n) is 0. The molecule has 0 N–H and O–H groups in total. The lowest BCUT2D eigenvalue weighted by molar-refractivity contribution is 1.50. The van der Waals surface area contributed by atoms with E-state index in [0.29, 0.717) is 0 Å². The molecule has 0 saturated heterocycles. The Bertz CT molecular complexity index is 4.00. The van der Waals surface area contributed by atoms with Crippen molar-refractivity contribution in [3.8, 4) is 0 Å². The van der Waals surface area contributed by atoms with E-state index < -0.39 is 0 Å². The first-order valence-electron chi connectivity index (χ1n) is 1.17. The number of hydrogen-bond donors (Lipinski definition) is 0. The average Bonchev–Trinajstić information content (AvgIpc) is 1.50. The van der Waals surface area contributed by atoms with Crippen molar-refractivity contribution in [2.24, 2.45) is 0 Å². The SMILES string of the molecule is CC.O=O. The van der Waals surface area contributed by atoms with E-state index in [-0.39, 0.29) is 0 Å². The molecule has 0 bridgehead atoms. The summed E-state index contributed by atoms with van der Waals surface area (Å²) in [5.41, 5.74) is 0. The van der Waals surface area contributed by atoms with Gasteiger partial charge in [-0.1, -0.05) is 13.8 Å². The van der Waals surface area contributed by atoms with Gasteiger partial charge < -0.3 is 0 Å². The molecule has 0 aromatic heterocycles. The third-order valence-corrected chi connectivity index (χ3v) is 0. The Morgan fingerprint density at radius 1 is 1.00 bits per heavy atom. The van der Waals surface area contributed by atoms with Crippen molar-refractivity contribution in [2.75, 3.05) is 0 Å². The Balaban J connectivity index is 0. The summed E-state index contributed by atoms with van der Waals surface area (Å²) in [4.78, 5) is 14.0. The molecule has 2 heteroatoms. The molecule has 0 aromatic carbocycles. The van der Waals surface area contributed by atoms with Crippen LogP contribution in [0.25, 0.3) is 0 Å². The van der Waals surface area contributed by atoms with Crippen LogP contribution in [0.1, 0.15) is 13.8 Å². The first-order chi connectivity index (χ1) is 2.00. The minimum atomic E-state index is 2.00. The van der Waals surface area contributed by atoms with E-state index in [4.69, 9.17) is 9.93 Å². The fourth-order valence-electron chi connectivity index (χ4n) is 0. The molecule has 0 fully saturated rings. The molecule has 0 radical (unpaired) electrons. The summed E-state index contributed by atoms with van der Waals surface area (Å²) >= 11 is 0. The molecule has 0 heterocycles. The third kappa shape index (κ3) is 3.60. The molecular formula is C2H6O2. The largest absolute Gasteiger partial charge is 0.0683 e. The van der Waals surface area contributed by atoms with Crippen LogP contribution >= 0.6 is 0 Å². The molecule has 26 valence electrons. The van der Waals surface area contributed by atoms with Crippen LogP contribution < -0.4 is 0 Å². The second-order valence-electron chi connectivity index (χ2n) is 0. The van der Waals surface area contributed by atoms with Crippen LogP contribution in [0.15, 0.2) is 0 Å². The Kier molecular flexibility index (Phi) is 98.9. The molecule has 0 aliphatic rings. The molecule has 0 spiro atoms. The summed E-state index contributed by atoms with van der Waals surface area (Å²) in [6.07, 6.45) is 0. The zero-order valence-electron chi connectivity index (χ0n) is 2.82. The quantitative estimate of drug-likeness (QED) is 0.421. The maximum absolute atomic E-state index is 7.00. The smallest absolute Gasteiger partial charge is 0 e. The van der Waals surface area contributed by atoms with Gasteiger partial charge in [0.1, 0.15) is 0 Å². The summed E-state index contributed by atoms with van der Waals surface area (Å²) in [6, 6.07) is 0. The highest BCUT2D eigenvalue weighted by Gasteiger charge is 0.932. The van der Waals surface area contributed by atoms with Gasteiger partial charge in [-0.05, 0) is 0 Å². The predicted octanol–water partition coefficient (Wildman–Crippen LogP) is 1.09. The molecular weight excluding hydrogens is 56.0 g/mol. The normalized spacial score (nSPS) is 2.50. The van der Waals surface area contributed by atoms with E-state index in [2.05, 4.69) is 0 Å². The van der Waals surface area contributed by atoms with E-state index in [1.165, 1.54) is 0 Å². The van der Waals surface area contributed by atoms with E-state index in [1.807, 2.05) is 13.8 Å². The molecule has 0 aliphatic carbocycles. The standard InChI is InChI=1S/C2H6.O2/c2*1-2/h1-2H3;. The maximum atomic E-state index is 7.00. The highest BCUT2D eigenvalue weighted by molar-refractivity contribution is 4.07. The van der Waals surface area contributed by atoms with Crippen LogP contribution in [0.5, 0.6) is 0 Å². The molecule has 0 unspecified atom stereocenters. The molecule has 0 aromatic rings. The van der Waals surface area contributed by atoms with Gasteiger partial charge in [0, 0.05) is 9.93 Å². The highest BCUT2D eigenvalue weighted by atomic mass is 16.7. The van der Waals surface area contributed by atoms with Crippen molar-refractivity contribution in [1.29, 1.82) is 0 Å². The first-order valence-corrected chi connectivity index (χ1v) is 1.17. The van der Waals surface area contributed by atoms with Gasteiger partial charge in [0.25, 0.3) is 0 Å². The van der Waals surface area contributed by atoms with Gasteiger partial charge in [-0.15, -0.1) is 0 Å². The lowest BCUT2D eigenvalue weighted by Gasteiger charge is -1.07. The Labute approximate surface area is 25.0 Å². The van der Waals surface area contributed by atoms with Gasteiger partial charge in [-0.3, -0.25) is 0 Å². The van der Waals surface area contributed by atoms with E-state index in [1.54, 1.807) is 0 Å². The van der Waals surface area contributed by atoms with Gasteiger partial charge in [0.05, 0.1) is 0 Å². The van der Waals surface area contributed by atoms with Crippen LogP contribution in [0.2, 0.25) is 0 Å². The van der Waals surface area contributed by atoms with E-state index >= 15 is 0 Å². The van der Waals surface area contributed by atoms with Crippen LogP contribution in [0.3, 0.4) is 0 Å². The van der Waals surface area contributed by atoms with Gasteiger partial charge in [0.15, 0.2) is 0 Å². The molecule has 0 aliphatic heterocycles. The molecule has 0 amide bonds. The fraction of sp³-hybridized carbons (Fsp3) is 1.00. The lowest BCUT2D eigenvalue weighted by atomic mass is 11.0. The Hall–Kier alpha value is -0.400. The lowest BCUT2D eigenvalue weighted by Crippen LogP contribution is -0.856. The summed E-state index contributed by atoms with van der Waals surface area (Å²) in [5.74, 6) is 0. The molecule has 4 heavy (non-hydrogen) atoms. The average molecular weight is 62.1 g/mol. The van der Waals surface area contributed by atoms with Gasteiger partial charge in [-0.2, -0.15) is 0 Å².